The Morgan fingerprint density at radius 1 is 0.935 bits per heavy atom. The molecule has 0 aliphatic heterocycles. The molecule has 31 heavy (non-hydrogen) atoms. The van der Waals surface area contributed by atoms with E-state index in [4.69, 9.17) is 0 Å². The Hall–Kier alpha value is -0.600. The summed E-state index contributed by atoms with van der Waals surface area (Å²) in [6.07, 6.45) is 10.5. The van der Waals surface area contributed by atoms with Crippen LogP contribution in [0.3, 0.4) is 0 Å². The number of allylic oxidation sites excluding steroid dienone is 1. The van der Waals surface area contributed by atoms with Gasteiger partial charge in [-0.3, -0.25) is 0 Å². The van der Waals surface area contributed by atoms with Crippen molar-refractivity contribution in [3.63, 3.8) is 0 Å². The van der Waals surface area contributed by atoms with E-state index in [1.54, 1.807) is 5.57 Å². The molecule has 0 aromatic rings. The summed E-state index contributed by atoms with van der Waals surface area (Å²) in [6.45, 7) is 18.7. The average Bonchev–Trinajstić information content (AvgIpc) is 3.07. The third-order valence-electron chi connectivity index (χ3n) is 11.2. The lowest BCUT2D eigenvalue weighted by Gasteiger charge is -2.61. The van der Waals surface area contributed by atoms with Gasteiger partial charge >= 0.3 is 0 Å². The van der Waals surface area contributed by atoms with Gasteiger partial charge in [0.2, 0.25) is 0 Å². The molecule has 0 radical (unpaired) electrons. The second-order valence-electron chi connectivity index (χ2n) is 12.8. The average molecular weight is 429 g/mol. The highest BCUT2D eigenvalue weighted by molar-refractivity contribution is 5.42. The molecule has 2 N–H and O–H groups in total. The summed E-state index contributed by atoms with van der Waals surface area (Å²) in [7, 11) is 0. The lowest BCUT2D eigenvalue weighted by atomic mass is 9.46. The SMILES string of the molecule is C=C1[C@@H](O)CC[C@@]2(C)[C@H]1CCC1=C3CC[C@H]([C@H](C)CC[C@@H](C)C(C)C)[C@@]3(C)CC[C@@]12O. The largest absolute Gasteiger partial charge is 0.389 e. The zero-order valence-corrected chi connectivity index (χ0v) is 21.1. The van der Waals surface area contributed by atoms with Crippen LogP contribution in [0.1, 0.15) is 106 Å². The van der Waals surface area contributed by atoms with Crippen molar-refractivity contribution in [3.8, 4) is 0 Å². The topological polar surface area (TPSA) is 40.5 Å². The molecular formula is C29H48O2. The van der Waals surface area contributed by atoms with Crippen LogP contribution < -0.4 is 0 Å². The molecule has 8 atom stereocenters. The van der Waals surface area contributed by atoms with Gasteiger partial charge in [0.25, 0.3) is 0 Å². The minimum absolute atomic E-state index is 0.165. The summed E-state index contributed by atoms with van der Waals surface area (Å²) in [5, 5.41) is 22.7. The molecule has 0 spiro atoms. The number of rotatable bonds is 5. The van der Waals surface area contributed by atoms with Crippen LogP contribution >= 0.6 is 0 Å². The first-order valence-electron chi connectivity index (χ1n) is 13.3. The van der Waals surface area contributed by atoms with E-state index in [2.05, 4.69) is 48.1 Å². The van der Waals surface area contributed by atoms with Crippen LogP contribution in [0.4, 0.5) is 0 Å². The first kappa shape index (κ1) is 23.6. The second kappa shape index (κ2) is 8.01. The Morgan fingerprint density at radius 3 is 2.29 bits per heavy atom. The number of hydrogen-bond acceptors (Lipinski definition) is 2. The summed E-state index contributed by atoms with van der Waals surface area (Å²) in [6, 6.07) is 0. The fraction of sp³-hybridized carbons (Fsp3) is 0.862. The van der Waals surface area contributed by atoms with Gasteiger partial charge in [-0.1, -0.05) is 66.5 Å². The van der Waals surface area contributed by atoms with E-state index < -0.39 is 5.60 Å². The van der Waals surface area contributed by atoms with Gasteiger partial charge in [0, 0.05) is 5.41 Å². The monoisotopic (exact) mass is 428 g/mol. The summed E-state index contributed by atoms with van der Waals surface area (Å²) in [4.78, 5) is 0. The van der Waals surface area contributed by atoms with Crippen molar-refractivity contribution < 1.29 is 10.2 Å². The third kappa shape index (κ3) is 3.41. The molecule has 0 heterocycles. The van der Waals surface area contributed by atoms with Crippen molar-refractivity contribution in [3.05, 3.63) is 23.3 Å². The maximum Gasteiger partial charge on any atom is 0.0918 e. The first-order valence-corrected chi connectivity index (χ1v) is 13.3. The zero-order chi connectivity index (χ0) is 22.8. The van der Waals surface area contributed by atoms with E-state index in [9.17, 15) is 10.2 Å². The molecule has 2 heteroatoms. The molecule has 0 bridgehead atoms. The molecule has 176 valence electrons. The summed E-state index contributed by atoms with van der Waals surface area (Å²) in [5.74, 6) is 3.34. The number of aliphatic hydroxyl groups excluding tert-OH is 1. The highest BCUT2D eigenvalue weighted by Crippen LogP contribution is 2.67. The summed E-state index contributed by atoms with van der Waals surface area (Å²) >= 11 is 0. The van der Waals surface area contributed by atoms with Crippen LogP contribution in [0.15, 0.2) is 23.3 Å². The van der Waals surface area contributed by atoms with Crippen LogP contribution in [0.2, 0.25) is 0 Å². The molecule has 4 aliphatic rings. The molecule has 3 saturated carbocycles. The first-order chi connectivity index (χ1) is 14.5. The Balaban J connectivity index is 1.61. The molecule has 0 unspecified atom stereocenters. The van der Waals surface area contributed by atoms with Gasteiger partial charge in [-0.25, -0.2) is 0 Å². The molecule has 3 fully saturated rings. The Labute approximate surface area is 191 Å². The van der Waals surface area contributed by atoms with Gasteiger partial charge in [0.1, 0.15) is 0 Å². The predicted octanol–water partition coefficient (Wildman–Crippen LogP) is 7.06. The van der Waals surface area contributed by atoms with Gasteiger partial charge in [-0.2, -0.15) is 0 Å². The van der Waals surface area contributed by atoms with E-state index in [-0.39, 0.29) is 22.9 Å². The number of fused-ring (bicyclic) bond motifs is 4. The smallest absolute Gasteiger partial charge is 0.0918 e. The van der Waals surface area contributed by atoms with Gasteiger partial charge in [0.05, 0.1) is 11.7 Å². The molecule has 4 rings (SSSR count). The summed E-state index contributed by atoms with van der Waals surface area (Å²) < 4.78 is 0. The van der Waals surface area contributed by atoms with Crippen LogP contribution in [0.25, 0.3) is 0 Å². The standard InChI is InChI=1S/C29H48O2/c1-18(2)19(3)8-9-20(4)22-10-12-24-25-13-11-23-21(5)26(30)14-15-28(23,7)29(25,31)17-16-27(22,24)6/h18-20,22-23,26,30-31H,5,8-17H2,1-4,6-7H3/t19-,20-,22-,23+,26+,27-,28+,29-/m1/s1. The van der Waals surface area contributed by atoms with E-state index in [0.717, 1.165) is 67.8 Å². The lowest BCUT2D eigenvalue weighted by molar-refractivity contribution is -0.131. The fourth-order valence-corrected chi connectivity index (χ4v) is 8.49. The van der Waals surface area contributed by atoms with Gasteiger partial charge in [0.15, 0.2) is 0 Å². The molecule has 0 aromatic carbocycles. The highest BCUT2D eigenvalue weighted by atomic mass is 16.3. The third-order valence-corrected chi connectivity index (χ3v) is 11.2. The molecule has 2 nitrogen and oxygen atoms in total. The Bertz CT molecular complexity index is 750. The summed E-state index contributed by atoms with van der Waals surface area (Å²) in [5.41, 5.74) is 3.44. The number of hydrogen-bond donors (Lipinski definition) is 2. The second-order valence-corrected chi connectivity index (χ2v) is 12.8. The maximum atomic E-state index is 12.3. The normalized spacial score (nSPS) is 44.7. The van der Waals surface area contributed by atoms with Crippen LogP contribution in [0.5, 0.6) is 0 Å². The van der Waals surface area contributed by atoms with Crippen molar-refractivity contribution >= 4 is 0 Å². The van der Waals surface area contributed by atoms with Crippen molar-refractivity contribution in [2.75, 3.05) is 0 Å². The number of aliphatic hydroxyl groups is 2. The van der Waals surface area contributed by atoms with Gasteiger partial charge in [-0.05, 0) is 97.5 Å². The van der Waals surface area contributed by atoms with Crippen LogP contribution in [-0.2, 0) is 0 Å². The van der Waals surface area contributed by atoms with E-state index in [0.29, 0.717) is 0 Å². The van der Waals surface area contributed by atoms with Crippen LogP contribution in [0, 0.1) is 40.4 Å². The molecular weight excluding hydrogens is 380 g/mol. The van der Waals surface area contributed by atoms with E-state index >= 15 is 0 Å². The quantitative estimate of drug-likeness (QED) is 0.460. The lowest BCUT2D eigenvalue weighted by Crippen LogP contribution is -2.60. The Kier molecular flexibility index (Phi) is 6.09. The van der Waals surface area contributed by atoms with E-state index in [1.165, 1.54) is 31.3 Å². The zero-order valence-electron chi connectivity index (χ0n) is 21.1. The van der Waals surface area contributed by atoms with Crippen LogP contribution in [-0.4, -0.2) is 21.9 Å². The predicted molar refractivity (Wildman–Crippen MR) is 130 cm³/mol. The Morgan fingerprint density at radius 2 is 1.61 bits per heavy atom. The van der Waals surface area contributed by atoms with Crippen molar-refractivity contribution in [1.82, 2.24) is 0 Å². The van der Waals surface area contributed by atoms with Gasteiger partial charge < -0.3 is 10.2 Å². The van der Waals surface area contributed by atoms with Gasteiger partial charge in [-0.15, -0.1) is 0 Å². The highest BCUT2D eigenvalue weighted by Gasteiger charge is 2.63. The van der Waals surface area contributed by atoms with E-state index in [1.807, 2.05) is 0 Å². The van der Waals surface area contributed by atoms with Crippen molar-refractivity contribution in [2.24, 2.45) is 40.4 Å². The molecule has 0 saturated heterocycles. The molecule has 0 aromatic heterocycles. The molecule has 4 aliphatic carbocycles. The minimum Gasteiger partial charge on any atom is -0.389 e. The van der Waals surface area contributed by atoms with Crippen molar-refractivity contribution in [2.45, 2.75) is 117 Å². The van der Waals surface area contributed by atoms with Crippen molar-refractivity contribution in [1.29, 1.82) is 0 Å². The fourth-order valence-electron chi connectivity index (χ4n) is 8.49. The molecule has 0 amide bonds. The maximum absolute atomic E-state index is 12.3. The minimum atomic E-state index is -0.696.